The molecular weight excluding hydrogens is 262 g/mol. The highest BCUT2D eigenvalue weighted by Crippen LogP contribution is 2.28. The third-order valence-corrected chi connectivity index (χ3v) is 4.32. The number of hydrogen-bond acceptors (Lipinski definition) is 3. The van der Waals surface area contributed by atoms with Crippen molar-refractivity contribution in [3.8, 4) is 0 Å². The van der Waals surface area contributed by atoms with Crippen LogP contribution in [-0.2, 0) is 9.53 Å². The first-order valence-electron chi connectivity index (χ1n) is 8.05. The average Bonchev–Trinajstić information content (AvgIpc) is 2.49. The Morgan fingerprint density at radius 1 is 1.19 bits per heavy atom. The summed E-state index contributed by atoms with van der Waals surface area (Å²) in [7, 11) is 0. The van der Waals surface area contributed by atoms with E-state index in [1.807, 2.05) is 51.1 Å². The van der Waals surface area contributed by atoms with Crippen LogP contribution in [0.2, 0.25) is 0 Å². The molecule has 0 spiro atoms. The van der Waals surface area contributed by atoms with Gasteiger partial charge in [-0.2, -0.15) is 0 Å². The number of nitrogens with zero attached hydrogens (tertiary/aromatic N) is 1. The van der Waals surface area contributed by atoms with Crippen molar-refractivity contribution in [1.29, 1.82) is 0 Å². The van der Waals surface area contributed by atoms with Crippen molar-refractivity contribution in [2.75, 3.05) is 13.1 Å². The van der Waals surface area contributed by atoms with Gasteiger partial charge in [0, 0.05) is 0 Å². The molecule has 1 fully saturated rings. The van der Waals surface area contributed by atoms with Gasteiger partial charge in [0.05, 0.1) is 0 Å². The Morgan fingerprint density at radius 2 is 1.81 bits per heavy atom. The molecule has 1 aromatic carbocycles. The van der Waals surface area contributed by atoms with Gasteiger partial charge in [-0.1, -0.05) is 43.7 Å². The lowest BCUT2D eigenvalue weighted by Gasteiger charge is -2.35. The Morgan fingerprint density at radius 3 is 2.38 bits per heavy atom. The van der Waals surface area contributed by atoms with Crippen LogP contribution in [0.25, 0.3) is 0 Å². The molecule has 0 aromatic heterocycles. The highest BCUT2D eigenvalue weighted by atomic mass is 16.6. The zero-order chi connectivity index (χ0) is 15.3. The Hall–Kier alpha value is -1.35. The fourth-order valence-corrected chi connectivity index (χ4v) is 2.71. The molecule has 0 unspecified atom stereocenters. The molecule has 0 N–H and O–H groups in total. The second kappa shape index (κ2) is 7.08. The molecular formula is C18H27NO2. The maximum atomic E-state index is 12.8. The molecule has 1 aliphatic rings. The summed E-state index contributed by atoms with van der Waals surface area (Å²) in [5.41, 5.74) is 0.635. The summed E-state index contributed by atoms with van der Waals surface area (Å²) in [4.78, 5) is 15.0. The van der Waals surface area contributed by atoms with Gasteiger partial charge < -0.3 is 4.74 Å². The zero-order valence-electron chi connectivity index (χ0n) is 13.5. The largest absolute Gasteiger partial charge is 0.458 e. The summed E-state index contributed by atoms with van der Waals surface area (Å²) in [5, 5.41) is 0. The number of hydrogen-bond donors (Lipinski definition) is 0. The normalized spacial score (nSPS) is 18.2. The number of benzene rings is 1. The summed E-state index contributed by atoms with van der Waals surface area (Å²) in [6, 6.07) is 9.75. The molecule has 0 amide bonds. The number of ether oxygens (including phenoxy) is 1. The van der Waals surface area contributed by atoms with Crippen molar-refractivity contribution in [3.63, 3.8) is 0 Å². The summed E-state index contributed by atoms with van der Waals surface area (Å²) < 4.78 is 5.78. The van der Waals surface area contributed by atoms with E-state index in [1.165, 1.54) is 6.42 Å². The lowest BCUT2D eigenvalue weighted by atomic mass is 10.0. The maximum Gasteiger partial charge on any atom is 0.328 e. The van der Waals surface area contributed by atoms with Gasteiger partial charge in [0.25, 0.3) is 0 Å². The van der Waals surface area contributed by atoms with Gasteiger partial charge in [-0.3, -0.25) is 4.90 Å². The van der Waals surface area contributed by atoms with Crippen molar-refractivity contribution < 1.29 is 9.53 Å². The van der Waals surface area contributed by atoms with Crippen molar-refractivity contribution in [2.24, 2.45) is 0 Å². The van der Waals surface area contributed by atoms with Crippen molar-refractivity contribution >= 4 is 5.97 Å². The summed E-state index contributed by atoms with van der Waals surface area (Å²) in [6.07, 6.45) is 4.40. The Kier molecular flexibility index (Phi) is 5.40. The molecule has 21 heavy (non-hydrogen) atoms. The van der Waals surface area contributed by atoms with Crippen LogP contribution in [0.15, 0.2) is 30.3 Å². The molecule has 116 valence electrons. The standard InChI is InChI=1S/C18H27NO2/c1-4-18(2,3)21-17(20)16(15-11-7-5-8-12-15)19-13-9-6-10-14-19/h5,7-8,11-12,16H,4,6,9-10,13-14H2,1-3H3/t16-/m0/s1. The molecule has 3 nitrogen and oxygen atoms in total. The number of likely N-dealkylation sites (tertiary alicyclic amines) is 1. The van der Waals surface area contributed by atoms with Gasteiger partial charge in [0.2, 0.25) is 0 Å². The van der Waals surface area contributed by atoms with E-state index in [0.29, 0.717) is 0 Å². The third-order valence-electron chi connectivity index (χ3n) is 4.32. The van der Waals surface area contributed by atoms with E-state index in [-0.39, 0.29) is 12.0 Å². The fourth-order valence-electron chi connectivity index (χ4n) is 2.71. The lowest BCUT2D eigenvalue weighted by molar-refractivity contribution is -0.164. The summed E-state index contributed by atoms with van der Waals surface area (Å²) >= 11 is 0. The van der Waals surface area contributed by atoms with Crippen LogP contribution < -0.4 is 0 Å². The predicted molar refractivity (Wildman–Crippen MR) is 85.1 cm³/mol. The molecule has 1 aromatic rings. The monoisotopic (exact) mass is 289 g/mol. The van der Waals surface area contributed by atoms with Gasteiger partial charge >= 0.3 is 5.97 Å². The highest BCUT2D eigenvalue weighted by Gasteiger charge is 2.33. The highest BCUT2D eigenvalue weighted by molar-refractivity contribution is 5.78. The Labute approximate surface area is 128 Å². The van der Waals surface area contributed by atoms with E-state index in [2.05, 4.69) is 4.90 Å². The van der Waals surface area contributed by atoms with E-state index < -0.39 is 5.60 Å². The minimum atomic E-state index is -0.403. The number of rotatable bonds is 5. The molecule has 0 saturated carbocycles. The van der Waals surface area contributed by atoms with Crippen LogP contribution in [0.3, 0.4) is 0 Å². The van der Waals surface area contributed by atoms with Crippen LogP contribution in [-0.4, -0.2) is 29.6 Å². The molecule has 0 aliphatic carbocycles. The number of piperidine rings is 1. The molecule has 2 rings (SSSR count). The average molecular weight is 289 g/mol. The van der Waals surface area contributed by atoms with Crippen LogP contribution in [0.1, 0.15) is 58.1 Å². The van der Waals surface area contributed by atoms with Crippen molar-refractivity contribution in [2.45, 2.75) is 58.1 Å². The fraction of sp³-hybridized carbons (Fsp3) is 0.611. The number of carbonyl (C=O) groups is 1. The van der Waals surface area contributed by atoms with E-state index >= 15 is 0 Å². The molecule has 0 bridgehead atoms. The summed E-state index contributed by atoms with van der Waals surface area (Å²) in [5.74, 6) is -0.116. The first-order chi connectivity index (χ1) is 10.0. The quantitative estimate of drug-likeness (QED) is 0.769. The van der Waals surface area contributed by atoms with Gasteiger partial charge in [-0.15, -0.1) is 0 Å². The molecule has 3 heteroatoms. The van der Waals surface area contributed by atoms with E-state index in [9.17, 15) is 4.79 Å². The smallest absolute Gasteiger partial charge is 0.328 e. The lowest BCUT2D eigenvalue weighted by Crippen LogP contribution is -2.41. The van der Waals surface area contributed by atoms with E-state index in [1.54, 1.807) is 0 Å². The minimum Gasteiger partial charge on any atom is -0.458 e. The number of carbonyl (C=O) groups excluding carboxylic acids is 1. The van der Waals surface area contributed by atoms with Crippen LogP contribution in [0.5, 0.6) is 0 Å². The minimum absolute atomic E-state index is 0.116. The van der Waals surface area contributed by atoms with E-state index in [0.717, 1.165) is 37.9 Å². The SMILES string of the molecule is CCC(C)(C)OC(=O)[C@H](c1ccccc1)N1CCCCC1. The van der Waals surface area contributed by atoms with Gasteiger partial charge in [0.1, 0.15) is 11.6 Å². The van der Waals surface area contributed by atoms with Crippen LogP contribution in [0, 0.1) is 0 Å². The Bertz CT molecular complexity index is 450. The first-order valence-corrected chi connectivity index (χ1v) is 8.05. The predicted octanol–water partition coefficient (Wildman–Crippen LogP) is 3.95. The maximum absolute atomic E-state index is 12.8. The van der Waals surface area contributed by atoms with E-state index in [4.69, 9.17) is 4.74 Å². The van der Waals surface area contributed by atoms with Crippen LogP contribution in [0.4, 0.5) is 0 Å². The van der Waals surface area contributed by atoms with Crippen LogP contribution >= 0.6 is 0 Å². The zero-order valence-corrected chi connectivity index (χ0v) is 13.5. The first kappa shape index (κ1) is 16.0. The number of esters is 1. The second-order valence-corrected chi connectivity index (χ2v) is 6.44. The molecule has 0 radical (unpaired) electrons. The molecule has 1 heterocycles. The Balaban J connectivity index is 2.21. The van der Waals surface area contributed by atoms with Gasteiger partial charge in [-0.05, 0) is 51.8 Å². The molecule has 1 saturated heterocycles. The second-order valence-electron chi connectivity index (χ2n) is 6.44. The third kappa shape index (κ3) is 4.31. The van der Waals surface area contributed by atoms with Gasteiger partial charge in [-0.25, -0.2) is 4.79 Å². The molecule has 1 atom stereocenters. The van der Waals surface area contributed by atoms with Crippen molar-refractivity contribution in [3.05, 3.63) is 35.9 Å². The topological polar surface area (TPSA) is 29.5 Å². The van der Waals surface area contributed by atoms with Crippen molar-refractivity contribution in [1.82, 2.24) is 4.90 Å². The van der Waals surface area contributed by atoms with Gasteiger partial charge in [0.15, 0.2) is 0 Å². The molecule has 1 aliphatic heterocycles. The summed E-state index contributed by atoms with van der Waals surface area (Å²) in [6.45, 7) is 7.94.